The minimum atomic E-state index is -3.62. The second-order valence-corrected chi connectivity index (χ2v) is 15.2. The van der Waals surface area contributed by atoms with Crippen LogP contribution in [0.2, 0.25) is 19.6 Å². The molecule has 1 aliphatic heterocycles. The molecule has 1 heterocycles. The molecular formula is C24H25NO2SSi. The van der Waals surface area contributed by atoms with Crippen LogP contribution < -0.4 is 0 Å². The molecular weight excluding hydrogens is 394 g/mol. The van der Waals surface area contributed by atoms with Crippen LogP contribution in [-0.2, 0) is 10.0 Å². The molecule has 5 heteroatoms. The molecule has 0 amide bonds. The van der Waals surface area contributed by atoms with Crippen molar-refractivity contribution in [1.82, 2.24) is 4.31 Å². The third-order valence-electron chi connectivity index (χ3n) is 5.09. The van der Waals surface area contributed by atoms with E-state index in [1.807, 2.05) is 43.3 Å². The monoisotopic (exact) mass is 419 g/mol. The second-order valence-electron chi connectivity index (χ2n) is 8.63. The Morgan fingerprint density at radius 1 is 0.897 bits per heavy atom. The highest BCUT2D eigenvalue weighted by Crippen LogP contribution is 2.49. The van der Waals surface area contributed by atoms with Gasteiger partial charge in [0, 0.05) is 0 Å². The van der Waals surface area contributed by atoms with E-state index in [2.05, 4.69) is 49.3 Å². The van der Waals surface area contributed by atoms with Crippen molar-refractivity contribution >= 4 is 28.9 Å². The van der Waals surface area contributed by atoms with Gasteiger partial charge in [-0.25, -0.2) is 8.42 Å². The van der Waals surface area contributed by atoms with Crippen LogP contribution in [-0.4, -0.2) is 26.8 Å². The van der Waals surface area contributed by atoms with Crippen molar-refractivity contribution in [2.24, 2.45) is 0 Å². The molecule has 0 aromatic heterocycles. The molecule has 3 unspecified atom stereocenters. The number of hydrogen-bond acceptors (Lipinski definition) is 2. The Hall–Kier alpha value is -2.39. The normalized spacial score (nSPS) is 21.4. The van der Waals surface area contributed by atoms with Crippen LogP contribution in [0.5, 0.6) is 0 Å². The first-order valence-corrected chi connectivity index (χ1v) is 14.7. The standard InChI is InChI=1S/C24H25NO2SSi/c1-18-12-14-20(15-13-18)28(26,27)25-23(16-17-29(2,3)4)24(25)22-11-7-9-19-8-5-6-10-21(19)22/h5-15,23-24H,1-4H3. The van der Waals surface area contributed by atoms with Crippen LogP contribution >= 0.6 is 0 Å². The van der Waals surface area contributed by atoms with E-state index in [0.717, 1.165) is 21.9 Å². The van der Waals surface area contributed by atoms with E-state index in [9.17, 15) is 8.42 Å². The number of nitrogens with zero attached hydrogens (tertiary/aromatic N) is 1. The zero-order chi connectivity index (χ0) is 20.8. The molecule has 29 heavy (non-hydrogen) atoms. The van der Waals surface area contributed by atoms with Gasteiger partial charge in [0.1, 0.15) is 14.1 Å². The Kier molecular flexibility index (Phi) is 4.90. The van der Waals surface area contributed by atoms with E-state index >= 15 is 0 Å². The summed E-state index contributed by atoms with van der Waals surface area (Å²) in [5.74, 6) is 3.31. The molecule has 0 spiro atoms. The number of benzene rings is 3. The van der Waals surface area contributed by atoms with E-state index in [1.54, 1.807) is 16.4 Å². The first-order chi connectivity index (χ1) is 13.7. The minimum Gasteiger partial charge on any atom is -0.207 e. The number of hydrogen-bond donors (Lipinski definition) is 0. The highest BCUT2D eigenvalue weighted by Gasteiger charge is 2.56. The Morgan fingerprint density at radius 2 is 1.55 bits per heavy atom. The lowest BCUT2D eigenvalue weighted by molar-refractivity contribution is 0.551. The lowest BCUT2D eigenvalue weighted by Crippen LogP contribution is -2.18. The molecule has 1 saturated heterocycles. The van der Waals surface area contributed by atoms with Gasteiger partial charge in [-0.05, 0) is 35.4 Å². The quantitative estimate of drug-likeness (QED) is 0.335. The Balaban J connectivity index is 1.82. The van der Waals surface area contributed by atoms with Crippen molar-refractivity contribution in [3.63, 3.8) is 0 Å². The molecule has 1 fully saturated rings. The summed E-state index contributed by atoms with van der Waals surface area (Å²) in [5.41, 5.74) is 5.44. The molecule has 148 valence electrons. The smallest absolute Gasteiger partial charge is 0.207 e. The molecule has 1 aliphatic rings. The van der Waals surface area contributed by atoms with Crippen LogP contribution in [0.4, 0.5) is 0 Å². The molecule has 4 rings (SSSR count). The lowest BCUT2D eigenvalue weighted by Gasteiger charge is -2.08. The number of aryl methyl sites for hydroxylation is 1. The van der Waals surface area contributed by atoms with E-state index < -0.39 is 18.1 Å². The average Bonchev–Trinajstić information content (AvgIpc) is 3.41. The van der Waals surface area contributed by atoms with Gasteiger partial charge in [0.2, 0.25) is 10.0 Å². The SMILES string of the molecule is Cc1ccc(S(=O)(=O)N2C(C#C[Si](C)(C)C)C2c2cccc3ccccc23)cc1. The Bertz CT molecular complexity index is 1230. The van der Waals surface area contributed by atoms with E-state index in [0.29, 0.717) is 4.90 Å². The fourth-order valence-electron chi connectivity index (χ4n) is 3.59. The molecule has 3 aromatic carbocycles. The molecule has 0 N–H and O–H groups in total. The average molecular weight is 420 g/mol. The summed E-state index contributed by atoms with van der Waals surface area (Å²) in [5, 5.41) is 2.20. The van der Waals surface area contributed by atoms with Gasteiger partial charge < -0.3 is 0 Å². The van der Waals surface area contributed by atoms with E-state index in [-0.39, 0.29) is 12.1 Å². The van der Waals surface area contributed by atoms with Gasteiger partial charge in [-0.2, -0.15) is 4.31 Å². The Labute approximate surface area is 174 Å². The number of fused-ring (bicyclic) bond motifs is 1. The van der Waals surface area contributed by atoms with Crippen molar-refractivity contribution in [1.29, 1.82) is 0 Å². The fraction of sp³-hybridized carbons (Fsp3) is 0.250. The third-order valence-corrected chi connectivity index (χ3v) is 7.86. The van der Waals surface area contributed by atoms with Crippen LogP contribution in [0.15, 0.2) is 71.6 Å². The molecule has 0 bridgehead atoms. The summed E-state index contributed by atoms with van der Waals surface area (Å²) in [7, 11) is -5.24. The summed E-state index contributed by atoms with van der Waals surface area (Å²) in [6.07, 6.45) is 0. The summed E-state index contributed by atoms with van der Waals surface area (Å²) in [4.78, 5) is 0.325. The Morgan fingerprint density at radius 3 is 2.24 bits per heavy atom. The van der Waals surface area contributed by atoms with Crippen molar-refractivity contribution in [2.75, 3.05) is 0 Å². The molecule has 0 saturated carbocycles. The first-order valence-electron chi connectivity index (χ1n) is 9.79. The maximum atomic E-state index is 13.4. The predicted octanol–water partition coefficient (Wildman–Crippen LogP) is 5.14. The second kappa shape index (κ2) is 7.14. The van der Waals surface area contributed by atoms with Crippen molar-refractivity contribution in [3.05, 3.63) is 77.9 Å². The zero-order valence-electron chi connectivity index (χ0n) is 17.2. The van der Waals surface area contributed by atoms with Gasteiger partial charge in [0.15, 0.2) is 0 Å². The van der Waals surface area contributed by atoms with Gasteiger partial charge in [-0.15, -0.1) is 5.54 Å². The fourth-order valence-corrected chi connectivity index (χ4v) is 5.84. The molecule has 3 nitrogen and oxygen atoms in total. The highest BCUT2D eigenvalue weighted by atomic mass is 32.2. The van der Waals surface area contributed by atoms with Gasteiger partial charge in [-0.1, -0.05) is 85.7 Å². The van der Waals surface area contributed by atoms with Gasteiger partial charge >= 0.3 is 0 Å². The predicted molar refractivity (Wildman–Crippen MR) is 122 cm³/mol. The van der Waals surface area contributed by atoms with E-state index in [1.165, 1.54) is 0 Å². The van der Waals surface area contributed by atoms with Crippen molar-refractivity contribution < 1.29 is 8.42 Å². The zero-order valence-corrected chi connectivity index (χ0v) is 19.0. The third kappa shape index (κ3) is 3.88. The molecule has 3 aromatic rings. The van der Waals surface area contributed by atoms with Crippen LogP contribution in [0, 0.1) is 18.4 Å². The van der Waals surface area contributed by atoms with Crippen molar-refractivity contribution in [3.8, 4) is 11.5 Å². The lowest BCUT2D eigenvalue weighted by atomic mass is 10.0. The van der Waals surface area contributed by atoms with Gasteiger partial charge in [-0.3, -0.25) is 0 Å². The van der Waals surface area contributed by atoms with Crippen molar-refractivity contribution in [2.45, 2.75) is 43.5 Å². The minimum absolute atomic E-state index is 0.253. The molecule has 3 atom stereocenters. The highest BCUT2D eigenvalue weighted by molar-refractivity contribution is 7.89. The maximum Gasteiger partial charge on any atom is 0.244 e. The molecule has 0 aliphatic carbocycles. The topological polar surface area (TPSA) is 37.1 Å². The van der Waals surface area contributed by atoms with Gasteiger partial charge in [0.25, 0.3) is 0 Å². The summed E-state index contributed by atoms with van der Waals surface area (Å²) in [6.45, 7) is 8.48. The number of sulfonamides is 1. The van der Waals surface area contributed by atoms with Gasteiger partial charge in [0.05, 0.1) is 10.9 Å². The van der Waals surface area contributed by atoms with Crippen LogP contribution in [0.3, 0.4) is 0 Å². The molecule has 0 radical (unpaired) electrons. The number of rotatable bonds is 3. The van der Waals surface area contributed by atoms with Crippen LogP contribution in [0.1, 0.15) is 17.2 Å². The summed E-state index contributed by atoms with van der Waals surface area (Å²) in [6, 6.07) is 20.7. The van der Waals surface area contributed by atoms with E-state index in [4.69, 9.17) is 0 Å². The largest absolute Gasteiger partial charge is 0.244 e. The van der Waals surface area contributed by atoms with Crippen LogP contribution in [0.25, 0.3) is 10.8 Å². The summed E-state index contributed by atoms with van der Waals surface area (Å²) >= 11 is 0. The first kappa shape index (κ1) is 19.9. The maximum absolute atomic E-state index is 13.4. The summed E-state index contributed by atoms with van der Waals surface area (Å²) < 4.78 is 28.4.